The predicted molar refractivity (Wildman–Crippen MR) is 61.2 cm³/mol. The van der Waals surface area contributed by atoms with Gasteiger partial charge in [0.25, 0.3) is 0 Å². The summed E-state index contributed by atoms with van der Waals surface area (Å²) in [5.74, 6) is 0.192. The lowest BCUT2D eigenvalue weighted by Crippen LogP contribution is -2.22. The van der Waals surface area contributed by atoms with Gasteiger partial charge in [-0.3, -0.25) is 0 Å². The Kier molecular flexibility index (Phi) is 3.53. The number of aromatic carboxylic acids is 1. The molecule has 0 radical (unpaired) electrons. The van der Waals surface area contributed by atoms with E-state index >= 15 is 0 Å². The average molecular weight is 237 g/mol. The smallest absolute Gasteiger partial charge is 0.356 e. The van der Waals surface area contributed by atoms with Gasteiger partial charge >= 0.3 is 5.97 Å². The minimum atomic E-state index is -1.05. The molecule has 0 aliphatic carbocycles. The van der Waals surface area contributed by atoms with Crippen LogP contribution in [0.1, 0.15) is 16.9 Å². The summed E-state index contributed by atoms with van der Waals surface area (Å²) < 4.78 is 5.12. The van der Waals surface area contributed by atoms with Crippen molar-refractivity contribution in [1.29, 1.82) is 0 Å². The van der Waals surface area contributed by atoms with E-state index in [9.17, 15) is 4.79 Å². The van der Waals surface area contributed by atoms with Crippen LogP contribution in [0, 0.1) is 5.92 Å². The van der Waals surface area contributed by atoms with Gasteiger partial charge in [-0.15, -0.1) is 10.2 Å². The first kappa shape index (κ1) is 11.8. The average Bonchev–Trinajstić information content (AvgIpc) is 2.78. The molecule has 6 nitrogen and oxygen atoms in total. The number of carbonyl (C=O) groups is 1. The van der Waals surface area contributed by atoms with Gasteiger partial charge in [-0.1, -0.05) is 0 Å². The van der Waals surface area contributed by atoms with Crippen molar-refractivity contribution >= 4 is 11.8 Å². The lowest BCUT2D eigenvalue weighted by atomic mass is 10.1. The van der Waals surface area contributed by atoms with E-state index in [0.29, 0.717) is 5.92 Å². The Bertz CT molecular complexity index is 393. The van der Waals surface area contributed by atoms with Gasteiger partial charge in [-0.25, -0.2) is 4.79 Å². The minimum absolute atomic E-state index is 0.0265. The zero-order chi connectivity index (χ0) is 12.3. The molecule has 1 aliphatic heterocycles. The molecular formula is C11H15N3O3. The van der Waals surface area contributed by atoms with E-state index in [1.54, 1.807) is 13.2 Å². The van der Waals surface area contributed by atoms with E-state index in [4.69, 9.17) is 9.84 Å². The molecule has 0 saturated carbocycles. The van der Waals surface area contributed by atoms with Gasteiger partial charge in [-0.2, -0.15) is 0 Å². The van der Waals surface area contributed by atoms with Crippen molar-refractivity contribution in [2.24, 2.45) is 5.92 Å². The summed E-state index contributed by atoms with van der Waals surface area (Å²) in [5.41, 5.74) is -0.0265. The molecule has 0 amide bonds. The Morgan fingerprint density at radius 2 is 2.41 bits per heavy atom. The van der Waals surface area contributed by atoms with Crippen LogP contribution in [0.15, 0.2) is 12.1 Å². The van der Waals surface area contributed by atoms with Gasteiger partial charge < -0.3 is 14.7 Å². The highest BCUT2D eigenvalue weighted by molar-refractivity contribution is 5.85. The normalized spacial score (nSPS) is 19.6. The van der Waals surface area contributed by atoms with Crippen LogP contribution < -0.4 is 4.90 Å². The highest BCUT2D eigenvalue weighted by Crippen LogP contribution is 2.21. The van der Waals surface area contributed by atoms with Crippen molar-refractivity contribution in [3.05, 3.63) is 17.8 Å². The monoisotopic (exact) mass is 237 g/mol. The lowest BCUT2D eigenvalue weighted by Gasteiger charge is -2.16. The summed E-state index contributed by atoms with van der Waals surface area (Å²) in [6, 6.07) is 3.18. The number of rotatable bonds is 4. The molecule has 0 bridgehead atoms. The summed E-state index contributed by atoms with van der Waals surface area (Å²) in [5, 5.41) is 16.3. The number of hydrogen-bond donors (Lipinski definition) is 1. The third kappa shape index (κ3) is 2.71. The molecule has 1 fully saturated rings. The van der Waals surface area contributed by atoms with Crippen LogP contribution in [0.2, 0.25) is 0 Å². The summed E-state index contributed by atoms with van der Waals surface area (Å²) in [6.45, 7) is 2.54. The summed E-state index contributed by atoms with van der Waals surface area (Å²) in [6.07, 6.45) is 1.07. The summed E-state index contributed by atoms with van der Waals surface area (Å²) in [4.78, 5) is 12.7. The van der Waals surface area contributed by atoms with Gasteiger partial charge in [0.15, 0.2) is 11.5 Å². The maximum atomic E-state index is 10.6. The first-order valence-electron chi connectivity index (χ1n) is 5.51. The van der Waals surface area contributed by atoms with E-state index in [0.717, 1.165) is 31.9 Å². The van der Waals surface area contributed by atoms with Crippen molar-refractivity contribution in [1.82, 2.24) is 10.2 Å². The fourth-order valence-electron chi connectivity index (χ4n) is 2.02. The Morgan fingerprint density at radius 1 is 1.59 bits per heavy atom. The number of anilines is 1. The molecule has 1 N–H and O–H groups in total. The molecule has 1 aromatic rings. The topological polar surface area (TPSA) is 75.5 Å². The number of nitrogens with zero attached hydrogens (tertiary/aromatic N) is 3. The Morgan fingerprint density at radius 3 is 3.00 bits per heavy atom. The van der Waals surface area contributed by atoms with Gasteiger partial charge in [-0.05, 0) is 18.6 Å². The zero-order valence-corrected chi connectivity index (χ0v) is 9.67. The third-order valence-corrected chi connectivity index (χ3v) is 2.88. The maximum absolute atomic E-state index is 10.6. The van der Waals surface area contributed by atoms with Crippen LogP contribution in [-0.4, -0.2) is 48.1 Å². The third-order valence-electron chi connectivity index (χ3n) is 2.88. The molecule has 0 spiro atoms. The molecule has 1 aromatic heterocycles. The molecular weight excluding hydrogens is 222 g/mol. The van der Waals surface area contributed by atoms with Crippen molar-refractivity contribution < 1.29 is 14.6 Å². The molecule has 0 aromatic carbocycles. The van der Waals surface area contributed by atoms with E-state index < -0.39 is 5.97 Å². The first-order chi connectivity index (χ1) is 8.20. The molecule has 2 heterocycles. The Hall–Kier alpha value is -1.69. The minimum Gasteiger partial charge on any atom is -0.476 e. The van der Waals surface area contributed by atoms with Crippen LogP contribution in [0.25, 0.3) is 0 Å². The molecule has 6 heteroatoms. The van der Waals surface area contributed by atoms with Crippen LogP contribution >= 0.6 is 0 Å². The fourth-order valence-corrected chi connectivity index (χ4v) is 2.02. The number of carboxylic acid groups (broad SMARTS) is 1. The fraction of sp³-hybridized carbons (Fsp3) is 0.545. The van der Waals surface area contributed by atoms with Crippen molar-refractivity contribution in [3.63, 3.8) is 0 Å². The Labute approximate surface area is 99.2 Å². The Balaban J connectivity index is 2.01. The molecule has 1 unspecified atom stereocenters. The molecule has 17 heavy (non-hydrogen) atoms. The highest BCUT2D eigenvalue weighted by Gasteiger charge is 2.23. The standard InChI is InChI=1S/C11H15N3O3/c1-17-7-8-4-5-14(6-8)10-3-2-9(11(15)16)12-13-10/h2-3,8H,4-7H2,1H3,(H,15,16). The number of hydrogen-bond acceptors (Lipinski definition) is 5. The lowest BCUT2D eigenvalue weighted by molar-refractivity contribution is 0.0689. The van der Waals surface area contributed by atoms with E-state index in [1.165, 1.54) is 6.07 Å². The van der Waals surface area contributed by atoms with Crippen molar-refractivity contribution in [3.8, 4) is 0 Å². The predicted octanol–water partition coefficient (Wildman–Crippen LogP) is 0.647. The summed E-state index contributed by atoms with van der Waals surface area (Å²) >= 11 is 0. The van der Waals surface area contributed by atoms with E-state index in [2.05, 4.69) is 15.1 Å². The number of methoxy groups -OCH3 is 1. The summed E-state index contributed by atoms with van der Waals surface area (Å²) in [7, 11) is 1.70. The highest BCUT2D eigenvalue weighted by atomic mass is 16.5. The largest absolute Gasteiger partial charge is 0.476 e. The van der Waals surface area contributed by atoms with Gasteiger partial charge in [0.1, 0.15) is 0 Å². The SMILES string of the molecule is COCC1CCN(c2ccc(C(=O)O)nn2)C1. The van der Waals surface area contributed by atoms with Gasteiger partial charge in [0, 0.05) is 26.1 Å². The molecule has 1 saturated heterocycles. The van der Waals surface area contributed by atoms with Crippen LogP contribution in [-0.2, 0) is 4.74 Å². The second-order valence-electron chi connectivity index (χ2n) is 4.14. The van der Waals surface area contributed by atoms with Crippen LogP contribution in [0.4, 0.5) is 5.82 Å². The van der Waals surface area contributed by atoms with E-state index in [-0.39, 0.29) is 5.69 Å². The molecule has 92 valence electrons. The molecule has 1 aliphatic rings. The van der Waals surface area contributed by atoms with Gasteiger partial charge in [0.2, 0.25) is 0 Å². The van der Waals surface area contributed by atoms with Crippen LogP contribution in [0.3, 0.4) is 0 Å². The molecule has 2 rings (SSSR count). The number of carboxylic acids is 1. The number of aromatic nitrogens is 2. The number of ether oxygens (including phenoxy) is 1. The first-order valence-corrected chi connectivity index (χ1v) is 5.51. The molecule has 1 atom stereocenters. The second-order valence-corrected chi connectivity index (χ2v) is 4.14. The van der Waals surface area contributed by atoms with Gasteiger partial charge in [0.05, 0.1) is 6.61 Å². The second kappa shape index (κ2) is 5.09. The zero-order valence-electron chi connectivity index (χ0n) is 9.67. The quantitative estimate of drug-likeness (QED) is 0.828. The van der Waals surface area contributed by atoms with Crippen molar-refractivity contribution in [2.45, 2.75) is 6.42 Å². The van der Waals surface area contributed by atoms with Crippen LogP contribution in [0.5, 0.6) is 0 Å². The maximum Gasteiger partial charge on any atom is 0.356 e. The van der Waals surface area contributed by atoms with Crippen molar-refractivity contribution in [2.75, 3.05) is 31.7 Å². The van der Waals surface area contributed by atoms with E-state index in [1.807, 2.05) is 0 Å².